The third-order valence-electron chi connectivity index (χ3n) is 6.06. The van der Waals surface area contributed by atoms with E-state index in [0.29, 0.717) is 17.3 Å². The van der Waals surface area contributed by atoms with Crippen molar-refractivity contribution in [3.05, 3.63) is 59.0 Å². The van der Waals surface area contributed by atoms with Gasteiger partial charge in [-0.2, -0.15) is 5.10 Å². The molecule has 3 aromatic rings. The molecule has 0 aliphatic heterocycles. The van der Waals surface area contributed by atoms with Gasteiger partial charge in [0.1, 0.15) is 0 Å². The van der Waals surface area contributed by atoms with Crippen LogP contribution in [0, 0.1) is 18.3 Å². The molecule has 1 aliphatic rings. The number of aryl methyl sites for hydroxylation is 1. The predicted octanol–water partition coefficient (Wildman–Crippen LogP) is 5.76. The largest absolute Gasteiger partial charge is 0.298 e. The van der Waals surface area contributed by atoms with Crippen LogP contribution in [0.1, 0.15) is 73.9 Å². The van der Waals surface area contributed by atoms with Gasteiger partial charge in [-0.15, -0.1) is 0 Å². The van der Waals surface area contributed by atoms with Crippen LogP contribution in [-0.2, 0) is 0 Å². The van der Waals surface area contributed by atoms with E-state index in [2.05, 4.69) is 46.4 Å². The number of rotatable bonds is 3. The fourth-order valence-corrected chi connectivity index (χ4v) is 4.35. The summed E-state index contributed by atoms with van der Waals surface area (Å²) >= 11 is 0. The molecule has 4 rings (SSSR count). The van der Waals surface area contributed by atoms with Crippen LogP contribution in [0.15, 0.2) is 36.5 Å². The van der Waals surface area contributed by atoms with E-state index in [9.17, 15) is 0 Å². The Morgan fingerprint density at radius 1 is 1.04 bits per heavy atom. The zero-order valence-electron chi connectivity index (χ0n) is 16.3. The lowest BCUT2D eigenvalue weighted by Crippen LogP contribution is -2.08. The minimum Gasteiger partial charge on any atom is -0.298 e. The van der Waals surface area contributed by atoms with Crippen molar-refractivity contribution in [3.63, 3.8) is 0 Å². The van der Waals surface area contributed by atoms with Gasteiger partial charge in [0.05, 0.1) is 22.3 Å². The summed E-state index contributed by atoms with van der Waals surface area (Å²) in [4.78, 5) is 4.48. The van der Waals surface area contributed by atoms with Crippen LogP contribution >= 0.6 is 0 Å². The Morgan fingerprint density at radius 2 is 1.81 bits per heavy atom. The van der Waals surface area contributed by atoms with Crippen LogP contribution in [0.3, 0.4) is 0 Å². The lowest BCUT2D eigenvalue weighted by molar-refractivity contribution is 0.376. The standard InChI is InChI=1S/C23H28N4/c1-15-5-3-4-6-17(8-7-15)18-9-11-19(12-10-18)22(24)23-21-16(2)26-27-20(21)13-14-25-23/h9-15,17,24H,3-8H2,1-2H3,(H,26,27). The number of fused-ring (bicyclic) bond motifs is 1. The van der Waals surface area contributed by atoms with Crippen molar-refractivity contribution >= 4 is 16.6 Å². The highest BCUT2D eigenvalue weighted by atomic mass is 15.1. The second-order valence-electron chi connectivity index (χ2n) is 8.06. The molecular formula is C23H28N4. The van der Waals surface area contributed by atoms with Crippen LogP contribution in [-0.4, -0.2) is 20.9 Å². The first-order chi connectivity index (χ1) is 13.1. The van der Waals surface area contributed by atoms with Crippen molar-refractivity contribution in [2.45, 2.75) is 58.3 Å². The summed E-state index contributed by atoms with van der Waals surface area (Å²) in [7, 11) is 0. The van der Waals surface area contributed by atoms with Crippen molar-refractivity contribution in [1.29, 1.82) is 5.41 Å². The van der Waals surface area contributed by atoms with Gasteiger partial charge in [0.2, 0.25) is 0 Å². The molecule has 1 aromatic carbocycles. The maximum Gasteiger partial charge on any atom is 0.0997 e. The van der Waals surface area contributed by atoms with Crippen LogP contribution in [0.25, 0.3) is 10.9 Å². The third-order valence-corrected chi connectivity index (χ3v) is 6.06. The molecule has 4 heteroatoms. The number of hydrogen-bond acceptors (Lipinski definition) is 3. The molecule has 2 aromatic heterocycles. The van der Waals surface area contributed by atoms with Gasteiger partial charge in [0, 0.05) is 17.5 Å². The molecule has 140 valence electrons. The minimum absolute atomic E-state index is 0.461. The number of pyridine rings is 1. The Kier molecular flexibility index (Phi) is 5.06. The minimum atomic E-state index is 0.461. The molecule has 1 fully saturated rings. The van der Waals surface area contributed by atoms with E-state index in [1.807, 2.05) is 13.0 Å². The van der Waals surface area contributed by atoms with Crippen LogP contribution in [0.5, 0.6) is 0 Å². The number of aromatic nitrogens is 3. The van der Waals surface area contributed by atoms with E-state index in [1.54, 1.807) is 6.20 Å². The third kappa shape index (κ3) is 3.66. The molecule has 0 spiro atoms. The van der Waals surface area contributed by atoms with Gasteiger partial charge in [0.15, 0.2) is 0 Å². The molecule has 0 amide bonds. The average Bonchev–Trinajstić information content (AvgIpc) is 3.06. The number of nitrogens with one attached hydrogen (secondary N) is 2. The summed E-state index contributed by atoms with van der Waals surface area (Å²) < 4.78 is 0. The Balaban J connectivity index is 1.58. The van der Waals surface area contributed by atoms with Crippen LogP contribution in [0.2, 0.25) is 0 Å². The highest BCUT2D eigenvalue weighted by Gasteiger charge is 2.18. The highest BCUT2D eigenvalue weighted by Crippen LogP contribution is 2.33. The lowest BCUT2D eigenvalue weighted by Gasteiger charge is -2.23. The monoisotopic (exact) mass is 360 g/mol. The molecule has 0 radical (unpaired) electrons. The van der Waals surface area contributed by atoms with Crippen molar-refractivity contribution in [1.82, 2.24) is 15.2 Å². The van der Waals surface area contributed by atoms with E-state index in [1.165, 1.54) is 44.1 Å². The maximum absolute atomic E-state index is 8.69. The van der Waals surface area contributed by atoms with Crippen molar-refractivity contribution in [3.8, 4) is 0 Å². The molecule has 1 aliphatic carbocycles. The fraction of sp³-hybridized carbons (Fsp3) is 0.435. The topological polar surface area (TPSA) is 65.4 Å². The summed E-state index contributed by atoms with van der Waals surface area (Å²) in [6, 6.07) is 10.5. The first kappa shape index (κ1) is 17.9. The smallest absolute Gasteiger partial charge is 0.0997 e. The van der Waals surface area contributed by atoms with Gasteiger partial charge in [-0.3, -0.25) is 15.5 Å². The van der Waals surface area contributed by atoms with Crippen molar-refractivity contribution in [2.24, 2.45) is 5.92 Å². The molecule has 0 saturated heterocycles. The molecule has 2 N–H and O–H groups in total. The van der Waals surface area contributed by atoms with Crippen LogP contribution < -0.4 is 0 Å². The molecular weight excluding hydrogens is 332 g/mol. The maximum atomic E-state index is 8.69. The van der Waals surface area contributed by atoms with Gasteiger partial charge in [-0.1, -0.05) is 56.9 Å². The van der Waals surface area contributed by atoms with E-state index in [4.69, 9.17) is 5.41 Å². The van der Waals surface area contributed by atoms with Crippen molar-refractivity contribution in [2.75, 3.05) is 0 Å². The molecule has 2 atom stereocenters. The lowest BCUT2D eigenvalue weighted by atomic mass is 9.82. The van der Waals surface area contributed by atoms with E-state index >= 15 is 0 Å². The Labute approximate surface area is 160 Å². The summed E-state index contributed by atoms with van der Waals surface area (Å²) in [6.07, 6.45) is 9.71. The van der Waals surface area contributed by atoms with Gasteiger partial charge < -0.3 is 0 Å². The van der Waals surface area contributed by atoms with Gasteiger partial charge in [0.25, 0.3) is 0 Å². The second kappa shape index (κ2) is 7.63. The molecule has 2 unspecified atom stereocenters. The number of hydrogen-bond donors (Lipinski definition) is 2. The molecule has 27 heavy (non-hydrogen) atoms. The number of H-pyrrole nitrogens is 1. The molecule has 4 nitrogen and oxygen atoms in total. The fourth-order valence-electron chi connectivity index (χ4n) is 4.35. The number of benzene rings is 1. The summed E-state index contributed by atoms with van der Waals surface area (Å²) in [5.41, 5.74) is 5.32. The van der Waals surface area contributed by atoms with Gasteiger partial charge >= 0.3 is 0 Å². The zero-order valence-corrected chi connectivity index (χ0v) is 16.3. The normalized spacial score (nSPS) is 21.0. The Hall–Kier alpha value is -2.49. The second-order valence-corrected chi connectivity index (χ2v) is 8.06. The Morgan fingerprint density at radius 3 is 2.63 bits per heavy atom. The summed E-state index contributed by atoms with van der Waals surface area (Å²) in [6.45, 7) is 4.37. The first-order valence-electron chi connectivity index (χ1n) is 10.1. The number of aromatic amines is 1. The van der Waals surface area contributed by atoms with Crippen LogP contribution in [0.4, 0.5) is 0 Å². The van der Waals surface area contributed by atoms with Crippen molar-refractivity contribution < 1.29 is 0 Å². The summed E-state index contributed by atoms with van der Waals surface area (Å²) in [5.74, 6) is 1.51. The average molecular weight is 361 g/mol. The highest BCUT2D eigenvalue weighted by molar-refractivity contribution is 6.16. The van der Waals surface area contributed by atoms with E-state index < -0.39 is 0 Å². The summed E-state index contributed by atoms with van der Waals surface area (Å²) in [5, 5.41) is 16.9. The number of nitrogens with zero attached hydrogens (tertiary/aromatic N) is 2. The zero-order chi connectivity index (χ0) is 18.8. The predicted molar refractivity (Wildman–Crippen MR) is 111 cm³/mol. The van der Waals surface area contributed by atoms with Gasteiger partial charge in [-0.25, -0.2) is 0 Å². The Bertz CT molecular complexity index is 939. The quantitative estimate of drug-likeness (QED) is 0.583. The van der Waals surface area contributed by atoms with E-state index in [-0.39, 0.29) is 0 Å². The molecule has 0 bridgehead atoms. The van der Waals surface area contributed by atoms with E-state index in [0.717, 1.165) is 28.1 Å². The molecule has 2 heterocycles. The van der Waals surface area contributed by atoms with Gasteiger partial charge in [-0.05, 0) is 43.2 Å². The molecule has 1 saturated carbocycles. The first-order valence-corrected chi connectivity index (χ1v) is 10.1. The SMILES string of the molecule is Cc1[nH]nc2ccnc(C(=N)c3ccc(C4CCCCC(C)CC4)cc3)c12.